The Morgan fingerprint density at radius 2 is 1.43 bits per heavy atom. The van der Waals surface area contributed by atoms with Crippen LogP contribution in [0.5, 0.6) is 0 Å². The molecule has 0 bridgehead atoms. The molecule has 0 heterocycles. The van der Waals surface area contributed by atoms with E-state index in [-0.39, 0.29) is 0 Å². The van der Waals surface area contributed by atoms with Crippen LogP contribution in [0, 0.1) is 11.3 Å². The third-order valence-electron chi connectivity index (χ3n) is 3.98. The average Bonchev–Trinajstić information content (AvgIpc) is 2.61. The maximum atomic E-state index is 11.8. The number of aryl methyl sites for hydroxylation is 1. The summed E-state index contributed by atoms with van der Waals surface area (Å²) >= 11 is 0. The predicted octanol–water partition coefficient (Wildman–Crippen LogP) is 6.20. The Morgan fingerprint density at radius 3 is 2.04 bits per heavy atom. The number of unbranched alkanes of at least 4 members (excludes halogenated alkanes) is 4. The van der Waals surface area contributed by atoms with Gasteiger partial charge in [0.25, 0.3) is 0 Å². The largest absolute Gasteiger partial charge is 0.216 e. The van der Waals surface area contributed by atoms with Crippen molar-refractivity contribution in [3.63, 3.8) is 0 Å². The molecule has 0 unspecified atom stereocenters. The smallest absolute Gasteiger partial charge is 0.0991 e. The van der Waals surface area contributed by atoms with Gasteiger partial charge in [0.1, 0.15) is 0 Å². The van der Waals surface area contributed by atoms with Crippen LogP contribution in [-0.2, 0) is 6.42 Å². The topological polar surface area (TPSA) is 23.8 Å². The lowest BCUT2D eigenvalue weighted by Gasteiger charge is -2.05. The number of halogens is 1. The molecule has 0 aliphatic heterocycles. The lowest BCUT2D eigenvalue weighted by Crippen LogP contribution is -1.87. The van der Waals surface area contributed by atoms with Gasteiger partial charge in [0.2, 0.25) is 0 Å². The molecule has 0 spiro atoms. The molecule has 0 fully saturated rings. The minimum Gasteiger partial charge on any atom is -0.216 e. The normalized spacial score (nSPS) is 10.8. The van der Waals surface area contributed by atoms with Crippen LogP contribution in [0.25, 0.3) is 11.1 Å². The van der Waals surface area contributed by atoms with E-state index in [1.54, 1.807) is 6.08 Å². The summed E-state index contributed by atoms with van der Waals surface area (Å²) in [4.78, 5) is 0. The maximum Gasteiger partial charge on any atom is 0.0991 e. The second kappa shape index (κ2) is 9.58. The monoisotopic (exact) mass is 307 g/mol. The summed E-state index contributed by atoms with van der Waals surface area (Å²) in [6.07, 6.45) is 8.75. The molecule has 2 heteroatoms. The zero-order valence-corrected chi connectivity index (χ0v) is 13.3. The van der Waals surface area contributed by atoms with Gasteiger partial charge in [0, 0.05) is 0 Å². The molecule has 0 aromatic heterocycles. The molecule has 0 atom stereocenters. The second-order valence-corrected chi connectivity index (χ2v) is 5.70. The van der Waals surface area contributed by atoms with E-state index in [9.17, 15) is 4.39 Å². The fourth-order valence-electron chi connectivity index (χ4n) is 2.61. The van der Waals surface area contributed by atoms with Gasteiger partial charge in [-0.2, -0.15) is 5.26 Å². The number of nitriles is 1. The van der Waals surface area contributed by atoms with E-state index < -0.39 is 0 Å². The molecule has 0 saturated carbocycles. The van der Waals surface area contributed by atoms with E-state index in [0.717, 1.165) is 31.2 Å². The highest BCUT2D eigenvalue weighted by atomic mass is 19.1. The Bertz CT molecular complexity index is 648. The van der Waals surface area contributed by atoms with E-state index in [1.165, 1.54) is 24.0 Å². The van der Waals surface area contributed by atoms with E-state index in [4.69, 9.17) is 5.26 Å². The molecule has 2 aromatic rings. The summed E-state index contributed by atoms with van der Waals surface area (Å²) in [5, 5.41) is 8.83. The third kappa shape index (κ3) is 5.71. The van der Waals surface area contributed by atoms with Gasteiger partial charge in [0.05, 0.1) is 18.0 Å². The summed E-state index contributed by atoms with van der Waals surface area (Å²) in [6.45, 7) is 0. The van der Waals surface area contributed by atoms with Crippen LogP contribution in [0.4, 0.5) is 4.39 Å². The van der Waals surface area contributed by atoms with Crippen molar-refractivity contribution in [2.45, 2.75) is 38.5 Å². The lowest BCUT2D eigenvalue weighted by molar-refractivity contribution is 0.640. The zero-order chi connectivity index (χ0) is 16.3. The number of nitrogens with zero attached hydrogens (tertiary/aromatic N) is 1. The van der Waals surface area contributed by atoms with Gasteiger partial charge in [-0.15, -0.1) is 0 Å². The van der Waals surface area contributed by atoms with Crippen molar-refractivity contribution in [3.8, 4) is 17.2 Å². The van der Waals surface area contributed by atoms with Crippen molar-refractivity contribution in [2.75, 3.05) is 0 Å². The molecule has 118 valence electrons. The third-order valence-corrected chi connectivity index (χ3v) is 3.98. The number of hydrogen-bond acceptors (Lipinski definition) is 1. The van der Waals surface area contributed by atoms with Crippen LogP contribution >= 0.6 is 0 Å². The van der Waals surface area contributed by atoms with Gasteiger partial charge in [-0.1, -0.05) is 55.3 Å². The van der Waals surface area contributed by atoms with Crippen molar-refractivity contribution in [3.05, 3.63) is 72.1 Å². The first-order valence-corrected chi connectivity index (χ1v) is 8.18. The Hall–Kier alpha value is -2.40. The van der Waals surface area contributed by atoms with E-state index >= 15 is 0 Å². The molecular formula is C21H22FN. The fourth-order valence-corrected chi connectivity index (χ4v) is 2.61. The minimum absolute atomic E-state index is 0.634. The molecule has 23 heavy (non-hydrogen) atoms. The molecule has 0 saturated heterocycles. The first-order valence-electron chi connectivity index (χ1n) is 8.18. The summed E-state index contributed by atoms with van der Waals surface area (Å²) < 4.78 is 11.8. The van der Waals surface area contributed by atoms with Crippen molar-refractivity contribution in [1.82, 2.24) is 0 Å². The molecular weight excluding hydrogens is 285 g/mol. The van der Waals surface area contributed by atoms with Crippen LogP contribution in [-0.4, -0.2) is 0 Å². The Morgan fingerprint density at radius 1 is 0.826 bits per heavy atom. The molecule has 0 aliphatic carbocycles. The number of hydrogen-bond donors (Lipinski definition) is 0. The molecule has 2 aromatic carbocycles. The van der Waals surface area contributed by atoms with Gasteiger partial charge in [0.15, 0.2) is 0 Å². The first kappa shape index (κ1) is 17.0. The van der Waals surface area contributed by atoms with Crippen molar-refractivity contribution < 1.29 is 4.39 Å². The maximum absolute atomic E-state index is 11.8. The van der Waals surface area contributed by atoms with E-state index in [0.29, 0.717) is 11.9 Å². The molecule has 0 N–H and O–H groups in total. The summed E-state index contributed by atoms with van der Waals surface area (Å²) in [6, 6.07) is 18.4. The standard InChI is InChI=1S/C21H22FN/c22-16-6-4-2-1-3-5-7-18-8-12-20(13-9-18)21-14-10-19(17-23)11-15-21/h6,8-16H,1-5,7H2/b16-6+. The van der Waals surface area contributed by atoms with Crippen molar-refractivity contribution in [1.29, 1.82) is 5.26 Å². The molecule has 0 amide bonds. The zero-order valence-electron chi connectivity index (χ0n) is 13.3. The highest BCUT2D eigenvalue weighted by Gasteiger charge is 1.99. The van der Waals surface area contributed by atoms with E-state index in [2.05, 4.69) is 30.3 Å². The number of allylic oxidation sites excluding steroid dienone is 1. The lowest BCUT2D eigenvalue weighted by atomic mass is 10.0. The molecule has 0 radical (unpaired) electrons. The molecule has 2 rings (SSSR count). The number of rotatable bonds is 8. The van der Waals surface area contributed by atoms with Gasteiger partial charge in [-0.25, -0.2) is 4.39 Å². The quantitative estimate of drug-likeness (QED) is 0.532. The van der Waals surface area contributed by atoms with Gasteiger partial charge in [-0.05, 0) is 54.5 Å². The number of benzene rings is 2. The van der Waals surface area contributed by atoms with Gasteiger partial charge < -0.3 is 0 Å². The van der Waals surface area contributed by atoms with E-state index in [1.807, 2.05) is 24.3 Å². The summed E-state index contributed by atoms with van der Waals surface area (Å²) in [7, 11) is 0. The molecule has 1 nitrogen and oxygen atoms in total. The van der Waals surface area contributed by atoms with Gasteiger partial charge >= 0.3 is 0 Å². The Kier molecular flexibility index (Phi) is 7.07. The van der Waals surface area contributed by atoms with Crippen LogP contribution in [0.3, 0.4) is 0 Å². The van der Waals surface area contributed by atoms with Crippen molar-refractivity contribution >= 4 is 0 Å². The SMILES string of the molecule is N#Cc1ccc(-c2ccc(CCCCCC/C=C/F)cc2)cc1. The Balaban J connectivity index is 1.79. The first-order chi connectivity index (χ1) is 11.3. The summed E-state index contributed by atoms with van der Waals surface area (Å²) in [5.41, 5.74) is 4.35. The van der Waals surface area contributed by atoms with Crippen LogP contribution in [0.1, 0.15) is 43.2 Å². The van der Waals surface area contributed by atoms with Crippen LogP contribution in [0.15, 0.2) is 60.9 Å². The van der Waals surface area contributed by atoms with Crippen molar-refractivity contribution in [2.24, 2.45) is 0 Å². The van der Waals surface area contributed by atoms with Crippen LogP contribution < -0.4 is 0 Å². The Labute approximate surface area is 138 Å². The highest BCUT2D eigenvalue weighted by Crippen LogP contribution is 2.21. The second-order valence-electron chi connectivity index (χ2n) is 5.70. The van der Waals surface area contributed by atoms with Gasteiger partial charge in [-0.3, -0.25) is 0 Å². The average molecular weight is 307 g/mol. The molecule has 0 aliphatic rings. The highest BCUT2D eigenvalue weighted by molar-refractivity contribution is 5.64. The van der Waals surface area contributed by atoms with Crippen LogP contribution in [0.2, 0.25) is 0 Å². The predicted molar refractivity (Wildman–Crippen MR) is 93.6 cm³/mol. The minimum atomic E-state index is 0.634. The summed E-state index contributed by atoms with van der Waals surface area (Å²) in [5.74, 6) is 0. The fraction of sp³-hybridized carbons (Fsp3) is 0.286.